The lowest BCUT2D eigenvalue weighted by Crippen LogP contribution is -2.27. The number of para-hydroxylation sites is 2. The zero-order valence-electron chi connectivity index (χ0n) is 16.9. The molecule has 0 aliphatic heterocycles. The van der Waals surface area contributed by atoms with Gasteiger partial charge in [-0.1, -0.05) is 42.5 Å². The number of ether oxygens (including phenoxy) is 1. The fourth-order valence-electron chi connectivity index (χ4n) is 3.37. The summed E-state index contributed by atoms with van der Waals surface area (Å²) in [5.74, 6) is 0.115. The minimum Gasteiger partial charge on any atom is -0.497 e. The third-order valence-electron chi connectivity index (χ3n) is 5.00. The number of fused-ring (bicyclic) bond motifs is 1. The monoisotopic (exact) mass is 415 g/mol. The Bertz CT molecular complexity index is 1300. The smallest absolute Gasteiger partial charge is 0.280 e. The van der Waals surface area contributed by atoms with E-state index in [4.69, 9.17) is 4.74 Å². The number of nitrogens with one attached hydrogen (secondary N) is 1. The highest BCUT2D eigenvalue weighted by molar-refractivity contribution is 6.04. The minimum absolute atomic E-state index is 0.208. The average Bonchev–Trinajstić information content (AvgIpc) is 2.81. The summed E-state index contributed by atoms with van der Waals surface area (Å²) in [6, 6.07) is 21.4. The molecule has 0 saturated carbocycles. The summed E-state index contributed by atoms with van der Waals surface area (Å²) in [7, 11) is 1.60. The van der Waals surface area contributed by atoms with E-state index >= 15 is 0 Å². The van der Waals surface area contributed by atoms with Crippen LogP contribution in [0.1, 0.15) is 21.6 Å². The largest absolute Gasteiger partial charge is 0.497 e. The van der Waals surface area contributed by atoms with E-state index in [1.807, 2.05) is 30.3 Å². The Balaban J connectivity index is 1.76. The van der Waals surface area contributed by atoms with Crippen molar-refractivity contribution in [1.29, 1.82) is 0 Å². The normalized spacial score (nSPS) is 10.8. The Kier molecular flexibility index (Phi) is 5.77. The van der Waals surface area contributed by atoms with Crippen LogP contribution in [-0.2, 0) is 13.2 Å². The molecule has 0 spiro atoms. The maximum absolute atomic E-state index is 13.0. The Labute approximate surface area is 178 Å². The van der Waals surface area contributed by atoms with Crippen molar-refractivity contribution in [2.45, 2.75) is 13.2 Å². The van der Waals surface area contributed by atoms with Crippen molar-refractivity contribution in [3.63, 3.8) is 0 Å². The van der Waals surface area contributed by atoms with Crippen LogP contribution in [0, 0.1) is 0 Å². The molecule has 3 aromatic carbocycles. The maximum Gasteiger partial charge on any atom is 0.280 e. The summed E-state index contributed by atoms with van der Waals surface area (Å²) in [4.78, 5) is 25.9. The van der Waals surface area contributed by atoms with Gasteiger partial charge in [0.1, 0.15) is 5.75 Å². The SMILES string of the molecule is COc1ccc(Cn2nc(C(=O)Nc3ccccc3CO)c(=O)c3ccccc32)cc1. The number of amides is 1. The number of methoxy groups -OCH3 is 1. The first kappa shape index (κ1) is 20.3. The maximum atomic E-state index is 13.0. The van der Waals surface area contributed by atoms with Crippen LogP contribution in [0.15, 0.2) is 77.6 Å². The number of anilines is 1. The first-order valence-electron chi connectivity index (χ1n) is 9.73. The molecule has 0 fully saturated rings. The molecule has 0 radical (unpaired) electrons. The highest BCUT2D eigenvalue weighted by Gasteiger charge is 2.18. The van der Waals surface area contributed by atoms with E-state index in [-0.39, 0.29) is 12.3 Å². The topological polar surface area (TPSA) is 93.5 Å². The molecule has 156 valence electrons. The van der Waals surface area contributed by atoms with Gasteiger partial charge in [0.25, 0.3) is 5.91 Å². The molecule has 7 nitrogen and oxygen atoms in total. The molecule has 2 N–H and O–H groups in total. The number of aliphatic hydroxyl groups excluding tert-OH is 1. The van der Waals surface area contributed by atoms with Gasteiger partial charge in [0, 0.05) is 16.6 Å². The van der Waals surface area contributed by atoms with Gasteiger partial charge in [-0.05, 0) is 35.9 Å². The van der Waals surface area contributed by atoms with E-state index in [1.54, 1.807) is 54.3 Å². The fourth-order valence-corrected chi connectivity index (χ4v) is 3.37. The first-order valence-corrected chi connectivity index (χ1v) is 9.73. The van der Waals surface area contributed by atoms with Crippen LogP contribution in [0.5, 0.6) is 5.75 Å². The van der Waals surface area contributed by atoms with Crippen LogP contribution in [0.2, 0.25) is 0 Å². The van der Waals surface area contributed by atoms with Gasteiger partial charge in [0.05, 0.1) is 25.8 Å². The summed E-state index contributed by atoms with van der Waals surface area (Å²) in [6.45, 7) is 0.140. The van der Waals surface area contributed by atoms with E-state index < -0.39 is 11.3 Å². The lowest BCUT2D eigenvalue weighted by molar-refractivity contribution is 0.101. The molecule has 7 heteroatoms. The van der Waals surface area contributed by atoms with Gasteiger partial charge in [-0.2, -0.15) is 5.10 Å². The van der Waals surface area contributed by atoms with Crippen molar-refractivity contribution in [3.05, 3.63) is 99.8 Å². The lowest BCUT2D eigenvalue weighted by atomic mass is 10.1. The molecular formula is C24H21N3O4. The van der Waals surface area contributed by atoms with Crippen molar-refractivity contribution in [3.8, 4) is 5.75 Å². The van der Waals surface area contributed by atoms with E-state index in [1.165, 1.54) is 0 Å². The third-order valence-corrected chi connectivity index (χ3v) is 5.00. The standard InChI is InChI=1S/C24H21N3O4/c1-31-18-12-10-16(11-13-18)14-27-21-9-5-3-7-19(21)23(29)22(26-27)24(30)25-20-8-4-2-6-17(20)15-28/h2-13,28H,14-15H2,1H3,(H,25,30). The first-order chi connectivity index (χ1) is 15.1. The predicted octanol–water partition coefficient (Wildman–Crippen LogP) is 3.20. The van der Waals surface area contributed by atoms with Gasteiger partial charge in [-0.3, -0.25) is 14.3 Å². The summed E-state index contributed by atoms with van der Waals surface area (Å²) in [6.07, 6.45) is 0. The van der Waals surface area contributed by atoms with Gasteiger partial charge in [-0.25, -0.2) is 0 Å². The van der Waals surface area contributed by atoms with Crippen molar-refractivity contribution < 1.29 is 14.6 Å². The molecule has 0 aliphatic carbocycles. The molecule has 0 saturated heterocycles. The predicted molar refractivity (Wildman–Crippen MR) is 118 cm³/mol. The second-order valence-electron chi connectivity index (χ2n) is 6.97. The number of aliphatic hydroxyl groups is 1. The highest BCUT2D eigenvalue weighted by Crippen LogP contribution is 2.17. The van der Waals surface area contributed by atoms with Crippen molar-refractivity contribution in [2.24, 2.45) is 0 Å². The van der Waals surface area contributed by atoms with Gasteiger partial charge >= 0.3 is 0 Å². The van der Waals surface area contributed by atoms with Gasteiger partial charge < -0.3 is 15.2 Å². The Morgan fingerprint density at radius 2 is 1.74 bits per heavy atom. The molecular weight excluding hydrogens is 394 g/mol. The number of hydrogen-bond acceptors (Lipinski definition) is 5. The van der Waals surface area contributed by atoms with Gasteiger partial charge in [-0.15, -0.1) is 0 Å². The number of benzene rings is 3. The second-order valence-corrected chi connectivity index (χ2v) is 6.97. The summed E-state index contributed by atoms with van der Waals surface area (Å²) in [5.41, 5.74) is 1.91. The summed E-state index contributed by atoms with van der Waals surface area (Å²) in [5, 5.41) is 17.0. The quantitative estimate of drug-likeness (QED) is 0.504. The average molecular weight is 415 g/mol. The molecule has 1 aromatic heterocycles. The molecule has 0 bridgehead atoms. The number of nitrogens with zero attached hydrogens (tertiary/aromatic N) is 2. The van der Waals surface area contributed by atoms with Crippen LogP contribution in [0.25, 0.3) is 10.9 Å². The molecule has 0 atom stereocenters. The van der Waals surface area contributed by atoms with Crippen LogP contribution < -0.4 is 15.5 Å². The minimum atomic E-state index is -0.625. The summed E-state index contributed by atoms with van der Waals surface area (Å²) < 4.78 is 6.84. The lowest BCUT2D eigenvalue weighted by Gasteiger charge is -2.13. The molecule has 4 rings (SSSR count). The van der Waals surface area contributed by atoms with Crippen LogP contribution in [0.3, 0.4) is 0 Å². The number of hydrogen-bond donors (Lipinski definition) is 2. The van der Waals surface area contributed by atoms with Crippen LogP contribution >= 0.6 is 0 Å². The van der Waals surface area contributed by atoms with Crippen molar-refractivity contribution in [2.75, 3.05) is 12.4 Å². The number of carbonyl (C=O) groups excluding carboxylic acids is 1. The van der Waals surface area contributed by atoms with Gasteiger partial charge in [0.2, 0.25) is 5.43 Å². The molecule has 0 unspecified atom stereocenters. The zero-order valence-corrected chi connectivity index (χ0v) is 16.9. The Morgan fingerprint density at radius 1 is 1.03 bits per heavy atom. The van der Waals surface area contributed by atoms with Crippen LogP contribution in [-0.4, -0.2) is 27.9 Å². The second kappa shape index (κ2) is 8.81. The Morgan fingerprint density at radius 3 is 2.48 bits per heavy atom. The number of carbonyl (C=O) groups is 1. The van der Waals surface area contributed by atoms with Gasteiger partial charge in [0.15, 0.2) is 5.69 Å². The van der Waals surface area contributed by atoms with Crippen molar-refractivity contribution in [1.82, 2.24) is 9.78 Å². The fraction of sp³-hybridized carbons (Fsp3) is 0.125. The summed E-state index contributed by atoms with van der Waals surface area (Å²) >= 11 is 0. The molecule has 1 heterocycles. The number of rotatable bonds is 6. The molecule has 31 heavy (non-hydrogen) atoms. The zero-order chi connectivity index (χ0) is 21.8. The van der Waals surface area contributed by atoms with Crippen molar-refractivity contribution >= 4 is 22.5 Å². The molecule has 0 aliphatic rings. The van der Waals surface area contributed by atoms with Crippen LogP contribution in [0.4, 0.5) is 5.69 Å². The highest BCUT2D eigenvalue weighted by atomic mass is 16.5. The van der Waals surface area contributed by atoms with E-state index in [9.17, 15) is 14.7 Å². The Hall–Kier alpha value is -3.97. The van der Waals surface area contributed by atoms with E-state index in [0.717, 1.165) is 11.3 Å². The van der Waals surface area contributed by atoms with E-state index in [0.29, 0.717) is 28.7 Å². The number of aromatic nitrogens is 2. The molecule has 4 aromatic rings. The van der Waals surface area contributed by atoms with E-state index in [2.05, 4.69) is 10.4 Å². The molecule has 1 amide bonds. The third kappa shape index (κ3) is 4.17.